The third kappa shape index (κ3) is 3.36. The summed E-state index contributed by atoms with van der Waals surface area (Å²) in [5, 5.41) is 11.7. The minimum absolute atomic E-state index is 0.0506. The van der Waals surface area contributed by atoms with E-state index in [-0.39, 0.29) is 12.5 Å². The van der Waals surface area contributed by atoms with Crippen molar-refractivity contribution >= 4 is 17.9 Å². The van der Waals surface area contributed by atoms with Gasteiger partial charge in [-0.25, -0.2) is 9.59 Å². The lowest BCUT2D eigenvalue weighted by Crippen LogP contribution is -2.62. The average Bonchev–Trinajstić information content (AvgIpc) is 2.29. The van der Waals surface area contributed by atoms with Gasteiger partial charge in [0.2, 0.25) is 5.91 Å². The van der Waals surface area contributed by atoms with Gasteiger partial charge in [-0.3, -0.25) is 4.79 Å². The normalized spacial score (nSPS) is 16.2. The van der Waals surface area contributed by atoms with Gasteiger partial charge in [-0.2, -0.15) is 0 Å². The second-order valence-electron chi connectivity index (χ2n) is 4.97. The van der Waals surface area contributed by atoms with Gasteiger partial charge in [0.1, 0.15) is 12.1 Å². The van der Waals surface area contributed by atoms with Gasteiger partial charge in [-0.05, 0) is 26.2 Å². The van der Waals surface area contributed by atoms with Crippen LogP contribution in [0.2, 0.25) is 0 Å². The number of nitrogens with one attached hydrogen (secondary N) is 1. The minimum Gasteiger partial charge on any atom is -0.480 e. The maximum Gasteiger partial charge on any atom is 0.329 e. The molecule has 0 spiro atoms. The van der Waals surface area contributed by atoms with Crippen LogP contribution in [0.15, 0.2) is 0 Å². The van der Waals surface area contributed by atoms with Gasteiger partial charge in [0.05, 0.1) is 0 Å². The average molecular weight is 271 g/mol. The minimum atomic E-state index is -1.15. The molecule has 0 aromatic rings. The van der Waals surface area contributed by atoms with Gasteiger partial charge in [0.15, 0.2) is 0 Å². The van der Waals surface area contributed by atoms with Crippen LogP contribution in [0.1, 0.15) is 26.2 Å². The third-order valence-corrected chi connectivity index (χ3v) is 3.46. The molecule has 0 unspecified atom stereocenters. The molecule has 0 aromatic heterocycles. The molecule has 7 heteroatoms. The first-order valence-corrected chi connectivity index (χ1v) is 6.33. The predicted molar refractivity (Wildman–Crippen MR) is 68.7 cm³/mol. The first-order chi connectivity index (χ1) is 8.82. The number of carboxylic acids is 1. The van der Waals surface area contributed by atoms with Crippen LogP contribution in [-0.4, -0.2) is 65.5 Å². The van der Waals surface area contributed by atoms with Crippen molar-refractivity contribution < 1.29 is 19.5 Å². The summed E-state index contributed by atoms with van der Waals surface area (Å²) < 4.78 is 0. The second-order valence-corrected chi connectivity index (χ2v) is 4.97. The van der Waals surface area contributed by atoms with E-state index in [2.05, 4.69) is 5.32 Å². The zero-order chi connectivity index (χ0) is 14.6. The molecule has 0 bridgehead atoms. The number of carboxylic acid groups (broad SMARTS) is 1. The first-order valence-electron chi connectivity index (χ1n) is 6.33. The molecule has 0 atom stereocenters. The zero-order valence-electron chi connectivity index (χ0n) is 11.6. The van der Waals surface area contributed by atoms with E-state index in [0.717, 1.165) is 6.42 Å². The Morgan fingerprint density at radius 3 is 2.16 bits per heavy atom. The molecule has 1 fully saturated rings. The van der Waals surface area contributed by atoms with Crippen LogP contribution < -0.4 is 5.32 Å². The van der Waals surface area contributed by atoms with Crippen LogP contribution in [0.3, 0.4) is 0 Å². The molecule has 1 aliphatic rings. The van der Waals surface area contributed by atoms with E-state index in [0.29, 0.717) is 19.4 Å². The van der Waals surface area contributed by atoms with E-state index in [1.165, 1.54) is 9.80 Å². The molecule has 0 aliphatic heterocycles. The van der Waals surface area contributed by atoms with Crippen LogP contribution in [0.4, 0.5) is 4.79 Å². The summed E-state index contributed by atoms with van der Waals surface area (Å²) in [6.07, 6.45) is 1.66. The zero-order valence-corrected chi connectivity index (χ0v) is 11.6. The van der Waals surface area contributed by atoms with Crippen LogP contribution in [-0.2, 0) is 9.59 Å². The molecule has 1 saturated carbocycles. The Morgan fingerprint density at radius 2 is 1.84 bits per heavy atom. The summed E-state index contributed by atoms with van der Waals surface area (Å²) in [5.41, 5.74) is -1.15. The Labute approximate surface area is 112 Å². The number of likely N-dealkylation sites (N-methyl/N-ethyl adjacent to an activating group) is 2. The standard InChI is InChI=1S/C12H21N3O4/c1-4-15(8-9(16)14(2)3)11(19)13-12(10(17)18)6-5-7-12/h4-8H2,1-3H3,(H,13,19)(H,17,18). The number of hydrogen-bond acceptors (Lipinski definition) is 3. The lowest BCUT2D eigenvalue weighted by Gasteiger charge is -2.39. The highest BCUT2D eigenvalue weighted by Crippen LogP contribution is 2.32. The van der Waals surface area contributed by atoms with Crippen LogP contribution >= 0.6 is 0 Å². The molecule has 3 amide bonds. The van der Waals surface area contributed by atoms with Crippen molar-refractivity contribution in [1.82, 2.24) is 15.1 Å². The van der Waals surface area contributed by atoms with Gasteiger partial charge in [-0.15, -0.1) is 0 Å². The highest BCUT2D eigenvalue weighted by Gasteiger charge is 2.46. The second kappa shape index (κ2) is 5.90. The van der Waals surface area contributed by atoms with Crippen molar-refractivity contribution in [3.63, 3.8) is 0 Å². The Balaban J connectivity index is 2.64. The van der Waals surface area contributed by atoms with Crippen molar-refractivity contribution in [1.29, 1.82) is 0 Å². The highest BCUT2D eigenvalue weighted by molar-refractivity contribution is 5.89. The SMILES string of the molecule is CCN(CC(=O)N(C)C)C(=O)NC1(C(=O)O)CCC1. The number of hydrogen-bond donors (Lipinski definition) is 2. The topological polar surface area (TPSA) is 90.0 Å². The van der Waals surface area contributed by atoms with Crippen molar-refractivity contribution in [3.8, 4) is 0 Å². The van der Waals surface area contributed by atoms with E-state index in [1.54, 1.807) is 21.0 Å². The van der Waals surface area contributed by atoms with Gasteiger partial charge in [-0.1, -0.05) is 0 Å². The quantitative estimate of drug-likeness (QED) is 0.743. The van der Waals surface area contributed by atoms with Crippen molar-refractivity contribution in [2.45, 2.75) is 31.7 Å². The van der Waals surface area contributed by atoms with Crippen LogP contribution in [0.5, 0.6) is 0 Å². The maximum atomic E-state index is 12.0. The molecule has 7 nitrogen and oxygen atoms in total. The van der Waals surface area contributed by atoms with E-state index in [9.17, 15) is 14.4 Å². The van der Waals surface area contributed by atoms with Crippen LogP contribution in [0.25, 0.3) is 0 Å². The summed E-state index contributed by atoms with van der Waals surface area (Å²) in [7, 11) is 3.22. The monoisotopic (exact) mass is 271 g/mol. The molecule has 0 radical (unpaired) electrons. The molecule has 108 valence electrons. The molecule has 1 rings (SSSR count). The summed E-state index contributed by atoms with van der Waals surface area (Å²) in [6.45, 7) is 2.04. The third-order valence-electron chi connectivity index (χ3n) is 3.46. The van der Waals surface area contributed by atoms with Gasteiger partial charge in [0, 0.05) is 20.6 Å². The molecular formula is C12H21N3O4. The fourth-order valence-electron chi connectivity index (χ4n) is 1.84. The van der Waals surface area contributed by atoms with Gasteiger partial charge < -0.3 is 20.2 Å². The number of urea groups is 1. The summed E-state index contributed by atoms with van der Waals surface area (Å²) in [4.78, 5) is 37.5. The maximum absolute atomic E-state index is 12.0. The van der Waals surface area contributed by atoms with E-state index in [1.807, 2.05) is 0 Å². The molecule has 2 N–H and O–H groups in total. The van der Waals surface area contributed by atoms with Gasteiger partial charge >= 0.3 is 12.0 Å². The summed E-state index contributed by atoms with van der Waals surface area (Å²) >= 11 is 0. The fourth-order valence-corrected chi connectivity index (χ4v) is 1.84. The van der Waals surface area contributed by atoms with E-state index >= 15 is 0 Å². The number of rotatable bonds is 5. The number of aliphatic carboxylic acids is 1. The molecular weight excluding hydrogens is 250 g/mol. The van der Waals surface area contributed by atoms with E-state index in [4.69, 9.17) is 5.11 Å². The predicted octanol–water partition coefficient (Wildman–Crippen LogP) is 0.113. The van der Waals surface area contributed by atoms with Crippen molar-refractivity contribution in [3.05, 3.63) is 0 Å². The molecule has 0 heterocycles. The van der Waals surface area contributed by atoms with Crippen LogP contribution in [0, 0.1) is 0 Å². The molecule has 0 saturated heterocycles. The largest absolute Gasteiger partial charge is 0.480 e. The summed E-state index contributed by atoms with van der Waals surface area (Å²) in [6, 6.07) is -0.500. The number of amides is 3. The first kappa shape index (κ1) is 15.3. The van der Waals surface area contributed by atoms with Crippen molar-refractivity contribution in [2.75, 3.05) is 27.2 Å². The lowest BCUT2D eigenvalue weighted by molar-refractivity contribution is -0.148. The van der Waals surface area contributed by atoms with Crippen molar-refractivity contribution in [2.24, 2.45) is 0 Å². The number of carbonyl (C=O) groups excluding carboxylic acids is 2. The Kier molecular flexibility index (Phi) is 4.74. The Hall–Kier alpha value is -1.79. The van der Waals surface area contributed by atoms with E-state index < -0.39 is 17.5 Å². The van der Waals surface area contributed by atoms with Gasteiger partial charge in [0.25, 0.3) is 0 Å². The number of carbonyl (C=O) groups is 3. The fraction of sp³-hybridized carbons (Fsp3) is 0.750. The Bertz CT molecular complexity index is 377. The number of nitrogens with zero attached hydrogens (tertiary/aromatic N) is 2. The molecule has 0 aromatic carbocycles. The Morgan fingerprint density at radius 1 is 1.26 bits per heavy atom. The smallest absolute Gasteiger partial charge is 0.329 e. The molecule has 19 heavy (non-hydrogen) atoms. The lowest BCUT2D eigenvalue weighted by atomic mass is 9.77. The summed E-state index contributed by atoms with van der Waals surface area (Å²) in [5.74, 6) is -1.21. The highest BCUT2D eigenvalue weighted by atomic mass is 16.4. The molecule has 1 aliphatic carbocycles.